The van der Waals surface area contributed by atoms with Crippen LogP contribution in [0.2, 0.25) is 0 Å². The second-order valence-electron chi connectivity index (χ2n) is 4.48. The number of nitrogens with zero attached hydrogens (tertiary/aromatic N) is 1. The van der Waals surface area contributed by atoms with Crippen LogP contribution in [-0.2, 0) is 20.9 Å². The van der Waals surface area contributed by atoms with Gasteiger partial charge in [0.05, 0.1) is 4.92 Å². The van der Waals surface area contributed by atoms with Crippen molar-refractivity contribution in [1.29, 1.82) is 0 Å². The number of benzene rings is 1. The van der Waals surface area contributed by atoms with Crippen molar-refractivity contribution >= 4 is 23.6 Å². The molecule has 7 heteroatoms. The molecule has 1 aromatic carbocycles. The van der Waals surface area contributed by atoms with E-state index in [-0.39, 0.29) is 18.2 Å². The minimum atomic E-state index is -0.483. The summed E-state index contributed by atoms with van der Waals surface area (Å²) in [6, 6.07) is 4.61. The van der Waals surface area contributed by atoms with Crippen molar-refractivity contribution in [3.05, 3.63) is 33.9 Å². The zero-order valence-electron chi connectivity index (χ0n) is 14.6. The third-order valence-corrected chi connectivity index (χ3v) is 2.28. The molecular weight excluding hydrogens is 300 g/mol. The highest BCUT2D eigenvalue weighted by molar-refractivity contribution is 5.68. The van der Waals surface area contributed by atoms with E-state index in [4.69, 9.17) is 4.74 Å². The number of carbonyl (C=O) groups is 2. The molecular formula is C16H26N2O5. The van der Waals surface area contributed by atoms with Gasteiger partial charge < -0.3 is 14.8 Å². The fraction of sp³-hybridized carbons (Fsp3) is 0.500. The van der Waals surface area contributed by atoms with Crippen LogP contribution in [0, 0.1) is 16.0 Å². The van der Waals surface area contributed by atoms with E-state index in [1.165, 1.54) is 13.0 Å². The van der Waals surface area contributed by atoms with Gasteiger partial charge in [-0.3, -0.25) is 14.9 Å². The average molecular weight is 326 g/mol. The van der Waals surface area contributed by atoms with Gasteiger partial charge in [0.15, 0.2) is 0 Å². The van der Waals surface area contributed by atoms with Gasteiger partial charge in [-0.2, -0.15) is 0 Å². The standard InChI is InChI=1S/C10H12N2O4.C4H8O.C2H6/c1-7(13)16-6-8-4-3-5-9(12(14)15)10(8)11-2;1-4(2)3-5;1-2/h3-5,11H,6H2,1-2H3;3-4H,1-2H3;1-2H3. The Morgan fingerprint density at radius 1 is 1.39 bits per heavy atom. The third-order valence-electron chi connectivity index (χ3n) is 2.28. The Morgan fingerprint density at radius 3 is 2.26 bits per heavy atom. The normalized spacial score (nSPS) is 8.83. The summed E-state index contributed by atoms with van der Waals surface area (Å²) in [6.07, 6.45) is 0.917. The maximum Gasteiger partial charge on any atom is 0.302 e. The van der Waals surface area contributed by atoms with Crippen LogP contribution in [0.5, 0.6) is 0 Å². The summed E-state index contributed by atoms with van der Waals surface area (Å²) in [5.41, 5.74) is 0.910. The van der Waals surface area contributed by atoms with Crippen LogP contribution in [0.1, 0.15) is 40.2 Å². The molecule has 0 saturated heterocycles. The van der Waals surface area contributed by atoms with Crippen LogP contribution in [0.4, 0.5) is 11.4 Å². The van der Waals surface area contributed by atoms with Crippen molar-refractivity contribution in [3.63, 3.8) is 0 Å². The first-order chi connectivity index (χ1) is 10.8. The van der Waals surface area contributed by atoms with Crippen molar-refractivity contribution < 1.29 is 19.2 Å². The van der Waals surface area contributed by atoms with E-state index < -0.39 is 10.9 Å². The Morgan fingerprint density at radius 2 is 1.91 bits per heavy atom. The minimum absolute atomic E-state index is 0.0210. The molecule has 0 unspecified atom stereocenters. The van der Waals surface area contributed by atoms with E-state index in [0.717, 1.165) is 6.29 Å². The van der Waals surface area contributed by atoms with E-state index in [1.807, 2.05) is 27.7 Å². The summed E-state index contributed by atoms with van der Waals surface area (Å²) in [5.74, 6) is -0.219. The number of carbonyl (C=O) groups excluding carboxylic acids is 2. The van der Waals surface area contributed by atoms with Gasteiger partial charge in [0.25, 0.3) is 5.69 Å². The molecule has 0 aliphatic heterocycles. The van der Waals surface area contributed by atoms with Crippen LogP contribution < -0.4 is 5.32 Å². The second kappa shape index (κ2) is 13.2. The molecule has 0 bridgehead atoms. The number of aldehydes is 1. The van der Waals surface area contributed by atoms with Crippen molar-refractivity contribution in [1.82, 2.24) is 0 Å². The number of hydrogen-bond donors (Lipinski definition) is 1. The zero-order chi connectivity index (χ0) is 18.4. The lowest BCUT2D eigenvalue weighted by molar-refractivity contribution is -0.384. The lowest BCUT2D eigenvalue weighted by Gasteiger charge is -2.09. The van der Waals surface area contributed by atoms with E-state index >= 15 is 0 Å². The Balaban J connectivity index is 0. The number of anilines is 1. The van der Waals surface area contributed by atoms with Crippen molar-refractivity contribution in [3.8, 4) is 0 Å². The van der Waals surface area contributed by atoms with Gasteiger partial charge in [-0.15, -0.1) is 0 Å². The summed E-state index contributed by atoms with van der Waals surface area (Å²) >= 11 is 0. The Bertz CT molecular complexity index is 501. The molecule has 0 atom stereocenters. The van der Waals surface area contributed by atoms with Crippen molar-refractivity contribution in [2.45, 2.75) is 41.2 Å². The number of rotatable bonds is 5. The van der Waals surface area contributed by atoms with E-state index in [1.54, 1.807) is 19.2 Å². The first kappa shape index (κ1) is 22.8. The molecule has 0 aliphatic carbocycles. The molecule has 0 aromatic heterocycles. The predicted molar refractivity (Wildman–Crippen MR) is 90.4 cm³/mol. The number of esters is 1. The molecule has 0 spiro atoms. The van der Waals surface area contributed by atoms with Crippen LogP contribution >= 0.6 is 0 Å². The van der Waals surface area contributed by atoms with Gasteiger partial charge in [-0.05, 0) is 0 Å². The average Bonchev–Trinajstić information content (AvgIpc) is 2.54. The van der Waals surface area contributed by atoms with E-state index in [9.17, 15) is 19.7 Å². The van der Waals surface area contributed by atoms with Crippen LogP contribution in [-0.4, -0.2) is 24.2 Å². The fourth-order valence-electron chi connectivity index (χ4n) is 1.33. The number of hydrogen-bond acceptors (Lipinski definition) is 6. The zero-order valence-corrected chi connectivity index (χ0v) is 14.6. The van der Waals surface area contributed by atoms with E-state index in [0.29, 0.717) is 11.3 Å². The molecule has 0 aliphatic rings. The third kappa shape index (κ3) is 10.00. The van der Waals surface area contributed by atoms with Gasteiger partial charge in [0, 0.05) is 31.5 Å². The molecule has 1 rings (SSSR count). The number of nitrogens with one attached hydrogen (secondary N) is 1. The predicted octanol–water partition coefficient (Wildman–Crippen LogP) is 3.57. The molecule has 0 radical (unpaired) electrons. The lowest BCUT2D eigenvalue weighted by atomic mass is 10.1. The fourth-order valence-corrected chi connectivity index (χ4v) is 1.33. The summed E-state index contributed by atoms with van der Waals surface area (Å²) in [6.45, 7) is 9.02. The molecule has 0 saturated carbocycles. The number of nitro benzene ring substituents is 1. The van der Waals surface area contributed by atoms with E-state index in [2.05, 4.69) is 5.32 Å². The Kier molecular flexibility index (Phi) is 13.1. The van der Waals surface area contributed by atoms with Crippen molar-refractivity contribution in [2.75, 3.05) is 12.4 Å². The first-order valence-electron chi connectivity index (χ1n) is 7.36. The summed E-state index contributed by atoms with van der Waals surface area (Å²) in [5, 5.41) is 13.5. The SMILES string of the molecule is CC.CC(C)C=O.CNc1c(COC(C)=O)cccc1[N+](=O)[O-]. The first-order valence-corrected chi connectivity index (χ1v) is 7.36. The topological polar surface area (TPSA) is 98.5 Å². The maximum absolute atomic E-state index is 10.7. The van der Waals surface area contributed by atoms with Gasteiger partial charge in [0.2, 0.25) is 0 Å². The summed E-state index contributed by atoms with van der Waals surface area (Å²) in [7, 11) is 1.58. The lowest BCUT2D eigenvalue weighted by Crippen LogP contribution is -2.04. The number of nitro groups is 1. The summed E-state index contributed by atoms with van der Waals surface area (Å²) < 4.78 is 4.80. The van der Waals surface area contributed by atoms with Crippen LogP contribution in [0.3, 0.4) is 0 Å². The second-order valence-corrected chi connectivity index (χ2v) is 4.48. The molecule has 0 fully saturated rings. The molecule has 130 valence electrons. The maximum atomic E-state index is 10.7. The van der Waals surface area contributed by atoms with Gasteiger partial charge in [0.1, 0.15) is 18.6 Å². The highest BCUT2D eigenvalue weighted by Crippen LogP contribution is 2.28. The number of para-hydroxylation sites is 1. The van der Waals surface area contributed by atoms with Crippen LogP contribution in [0.25, 0.3) is 0 Å². The summed E-state index contributed by atoms with van der Waals surface area (Å²) in [4.78, 5) is 30.4. The molecule has 0 amide bonds. The Labute approximate surface area is 137 Å². The van der Waals surface area contributed by atoms with Gasteiger partial charge in [-0.1, -0.05) is 39.8 Å². The minimum Gasteiger partial charge on any atom is -0.461 e. The quantitative estimate of drug-likeness (QED) is 0.384. The molecule has 23 heavy (non-hydrogen) atoms. The highest BCUT2D eigenvalue weighted by Gasteiger charge is 2.16. The van der Waals surface area contributed by atoms with Crippen molar-refractivity contribution in [2.24, 2.45) is 5.92 Å². The monoisotopic (exact) mass is 326 g/mol. The molecule has 0 heterocycles. The van der Waals surface area contributed by atoms with Gasteiger partial charge >= 0.3 is 5.97 Å². The molecule has 1 N–H and O–H groups in total. The van der Waals surface area contributed by atoms with Crippen LogP contribution in [0.15, 0.2) is 18.2 Å². The number of ether oxygens (including phenoxy) is 1. The highest BCUT2D eigenvalue weighted by atomic mass is 16.6. The smallest absolute Gasteiger partial charge is 0.302 e. The molecule has 7 nitrogen and oxygen atoms in total. The molecule has 1 aromatic rings. The van der Waals surface area contributed by atoms with Gasteiger partial charge in [-0.25, -0.2) is 0 Å². The Hall–Kier alpha value is -2.44. The largest absolute Gasteiger partial charge is 0.461 e.